The number of piperidine rings is 1. The third kappa shape index (κ3) is 2.29. The van der Waals surface area contributed by atoms with E-state index in [9.17, 15) is 14.4 Å². The van der Waals surface area contributed by atoms with Crippen LogP contribution in [0.4, 0.5) is 0 Å². The molecule has 0 unspecified atom stereocenters. The van der Waals surface area contributed by atoms with Crippen molar-refractivity contribution < 1.29 is 19.5 Å². The Morgan fingerprint density at radius 3 is 2.56 bits per heavy atom. The van der Waals surface area contributed by atoms with Crippen molar-refractivity contribution >= 4 is 17.8 Å². The Balaban J connectivity index is 2.86. The fraction of sp³-hybridized carbons (Fsp3) is 0.545. The van der Waals surface area contributed by atoms with Crippen LogP contribution < -0.4 is 0 Å². The number of imide groups is 1. The van der Waals surface area contributed by atoms with Crippen molar-refractivity contribution in [3.63, 3.8) is 0 Å². The minimum absolute atomic E-state index is 0.0878. The van der Waals surface area contributed by atoms with Gasteiger partial charge in [-0.15, -0.1) is 0 Å². The second-order valence-corrected chi connectivity index (χ2v) is 4.57. The van der Waals surface area contributed by atoms with Gasteiger partial charge in [0.15, 0.2) is 0 Å². The Morgan fingerprint density at radius 2 is 2.06 bits per heavy atom. The van der Waals surface area contributed by atoms with Crippen LogP contribution in [0.2, 0.25) is 0 Å². The van der Waals surface area contributed by atoms with Gasteiger partial charge in [-0.1, -0.05) is 20.4 Å². The van der Waals surface area contributed by atoms with E-state index in [0.717, 1.165) is 4.90 Å². The van der Waals surface area contributed by atoms with Gasteiger partial charge < -0.3 is 5.11 Å². The van der Waals surface area contributed by atoms with Crippen LogP contribution in [0.1, 0.15) is 26.7 Å². The molecule has 0 saturated carbocycles. The molecule has 1 N–H and O–H groups in total. The first-order valence-corrected chi connectivity index (χ1v) is 5.01. The molecule has 2 amide bonds. The topological polar surface area (TPSA) is 74.7 Å². The van der Waals surface area contributed by atoms with E-state index in [0.29, 0.717) is 12.0 Å². The average molecular weight is 225 g/mol. The van der Waals surface area contributed by atoms with Crippen molar-refractivity contribution in [2.24, 2.45) is 5.41 Å². The molecule has 1 rings (SSSR count). The number of aliphatic carboxylic acids is 1. The highest BCUT2D eigenvalue weighted by Gasteiger charge is 2.41. The Bertz CT molecular complexity index is 370. The highest BCUT2D eigenvalue weighted by molar-refractivity contribution is 6.08. The fourth-order valence-corrected chi connectivity index (χ4v) is 1.74. The Kier molecular flexibility index (Phi) is 3.16. The first-order chi connectivity index (χ1) is 7.25. The first-order valence-electron chi connectivity index (χ1n) is 5.01. The molecule has 0 bridgehead atoms. The summed E-state index contributed by atoms with van der Waals surface area (Å²) >= 11 is 0. The maximum atomic E-state index is 11.9. The van der Waals surface area contributed by atoms with Gasteiger partial charge in [0.1, 0.15) is 0 Å². The number of carboxylic acid groups (broad SMARTS) is 1. The van der Waals surface area contributed by atoms with E-state index in [1.807, 2.05) is 0 Å². The molecule has 0 aromatic heterocycles. The summed E-state index contributed by atoms with van der Waals surface area (Å²) in [6.07, 6.45) is 0.0923. The maximum Gasteiger partial charge on any atom is 0.305 e. The lowest BCUT2D eigenvalue weighted by Gasteiger charge is -2.36. The molecule has 1 aliphatic rings. The van der Waals surface area contributed by atoms with E-state index < -0.39 is 17.3 Å². The number of rotatable bonds is 3. The number of amides is 2. The third-order valence-electron chi connectivity index (χ3n) is 2.58. The molecule has 16 heavy (non-hydrogen) atoms. The molecule has 0 radical (unpaired) electrons. The monoisotopic (exact) mass is 225 g/mol. The molecule has 1 aliphatic heterocycles. The first kappa shape index (κ1) is 12.4. The van der Waals surface area contributed by atoms with Crippen LogP contribution in [0.15, 0.2) is 12.2 Å². The standard InChI is InChI=1S/C11H15NO4/c1-7-6-11(2,3)10(16)12(9(7)15)5-4-8(13)14/h1,4-6H2,2-3H3,(H,13,14). The second-order valence-electron chi connectivity index (χ2n) is 4.57. The van der Waals surface area contributed by atoms with Crippen molar-refractivity contribution in [2.75, 3.05) is 6.54 Å². The van der Waals surface area contributed by atoms with Gasteiger partial charge in [0.2, 0.25) is 5.91 Å². The largest absolute Gasteiger partial charge is 0.481 e. The number of carboxylic acids is 1. The van der Waals surface area contributed by atoms with Crippen molar-refractivity contribution in [1.29, 1.82) is 0 Å². The summed E-state index contributed by atoms with van der Waals surface area (Å²) in [6, 6.07) is 0. The highest BCUT2D eigenvalue weighted by Crippen LogP contribution is 2.33. The van der Waals surface area contributed by atoms with Crippen LogP contribution in [-0.4, -0.2) is 34.3 Å². The highest BCUT2D eigenvalue weighted by atomic mass is 16.4. The summed E-state index contributed by atoms with van der Waals surface area (Å²) < 4.78 is 0. The zero-order chi connectivity index (χ0) is 12.5. The van der Waals surface area contributed by atoms with Crippen molar-refractivity contribution in [3.05, 3.63) is 12.2 Å². The van der Waals surface area contributed by atoms with Crippen molar-refractivity contribution in [3.8, 4) is 0 Å². The summed E-state index contributed by atoms with van der Waals surface area (Å²) in [6.45, 7) is 6.97. The van der Waals surface area contributed by atoms with Crippen molar-refractivity contribution in [2.45, 2.75) is 26.7 Å². The Labute approximate surface area is 93.7 Å². The molecule has 1 saturated heterocycles. The predicted octanol–water partition coefficient (Wildman–Crippen LogP) is 0.802. The summed E-state index contributed by atoms with van der Waals surface area (Å²) in [5.74, 6) is -1.81. The molecule has 0 spiro atoms. The van der Waals surface area contributed by atoms with Crippen LogP contribution in [-0.2, 0) is 14.4 Å². The average Bonchev–Trinajstić information content (AvgIpc) is 2.14. The zero-order valence-electron chi connectivity index (χ0n) is 9.45. The summed E-state index contributed by atoms with van der Waals surface area (Å²) in [4.78, 5) is 34.9. The minimum atomic E-state index is -1.03. The van der Waals surface area contributed by atoms with Gasteiger partial charge >= 0.3 is 5.97 Å². The van der Waals surface area contributed by atoms with E-state index >= 15 is 0 Å². The zero-order valence-corrected chi connectivity index (χ0v) is 9.45. The molecule has 1 fully saturated rings. The van der Waals surface area contributed by atoms with Gasteiger partial charge in [0.05, 0.1) is 6.42 Å². The second kappa shape index (κ2) is 4.08. The van der Waals surface area contributed by atoms with E-state index in [-0.39, 0.29) is 18.9 Å². The summed E-state index contributed by atoms with van der Waals surface area (Å²) in [5, 5.41) is 8.54. The van der Waals surface area contributed by atoms with Crippen molar-refractivity contribution in [1.82, 2.24) is 4.90 Å². The number of hydrogen-bond acceptors (Lipinski definition) is 3. The lowest BCUT2D eigenvalue weighted by atomic mass is 9.80. The number of carbonyl (C=O) groups is 3. The number of nitrogens with zero attached hydrogens (tertiary/aromatic N) is 1. The van der Waals surface area contributed by atoms with Crippen LogP contribution in [0.25, 0.3) is 0 Å². The SMILES string of the molecule is C=C1CC(C)(C)C(=O)N(CCC(=O)O)C1=O. The molecule has 5 nitrogen and oxygen atoms in total. The fourth-order valence-electron chi connectivity index (χ4n) is 1.74. The molecule has 1 heterocycles. The van der Waals surface area contributed by atoms with Gasteiger partial charge in [-0.2, -0.15) is 0 Å². The van der Waals surface area contributed by atoms with E-state index in [1.165, 1.54) is 0 Å². The molecular formula is C11H15NO4. The normalized spacial score (nSPS) is 20.1. The lowest BCUT2D eigenvalue weighted by Crippen LogP contribution is -2.50. The minimum Gasteiger partial charge on any atom is -0.481 e. The molecular weight excluding hydrogens is 210 g/mol. The van der Waals surface area contributed by atoms with Gasteiger partial charge in [0, 0.05) is 17.5 Å². The van der Waals surface area contributed by atoms with Crippen LogP contribution in [0, 0.1) is 5.41 Å². The van der Waals surface area contributed by atoms with E-state index in [4.69, 9.17) is 5.11 Å². The van der Waals surface area contributed by atoms with Gasteiger partial charge in [-0.25, -0.2) is 0 Å². The Morgan fingerprint density at radius 1 is 1.50 bits per heavy atom. The molecule has 5 heteroatoms. The predicted molar refractivity (Wildman–Crippen MR) is 56.5 cm³/mol. The smallest absolute Gasteiger partial charge is 0.305 e. The van der Waals surface area contributed by atoms with Gasteiger partial charge in [-0.05, 0) is 6.42 Å². The number of hydrogen-bond donors (Lipinski definition) is 1. The summed E-state index contributed by atoms with van der Waals surface area (Å²) in [5.41, 5.74) is -0.321. The molecule has 0 aliphatic carbocycles. The lowest BCUT2D eigenvalue weighted by molar-refractivity contribution is -0.153. The third-order valence-corrected chi connectivity index (χ3v) is 2.58. The summed E-state index contributed by atoms with van der Waals surface area (Å²) in [7, 11) is 0. The quantitative estimate of drug-likeness (QED) is 0.569. The van der Waals surface area contributed by atoms with E-state index in [2.05, 4.69) is 6.58 Å². The van der Waals surface area contributed by atoms with Crippen LogP contribution >= 0.6 is 0 Å². The van der Waals surface area contributed by atoms with E-state index in [1.54, 1.807) is 13.8 Å². The molecule has 0 atom stereocenters. The van der Waals surface area contributed by atoms with Crippen LogP contribution in [0.3, 0.4) is 0 Å². The number of carbonyl (C=O) groups excluding carboxylic acids is 2. The number of likely N-dealkylation sites (tertiary alicyclic amines) is 1. The van der Waals surface area contributed by atoms with Gasteiger partial charge in [-0.3, -0.25) is 19.3 Å². The van der Waals surface area contributed by atoms with Crippen LogP contribution in [0.5, 0.6) is 0 Å². The molecule has 88 valence electrons. The molecule has 0 aromatic rings. The Hall–Kier alpha value is -1.65. The molecule has 0 aromatic carbocycles. The van der Waals surface area contributed by atoms with Gasteiger partial charge in [0.25, 0.3) is 5.91 Å². The maximum absolute atomic E-state index is 11.9.